The van der Waals surface area contributed by atoms with E-state index in [1.165, 1.54) is 0 Å². The Morgan fingerprint density at radius 2 is 2.15 bits per heavy atom. The first kappa shape index (κ1) is 18.3. The Morgan fingerprint density at radius 3 is 2.85 bits per heavy atom. The molecule has 0 amide bonds. The van der Waals surface area contributed by atoms with E-state index in [-0.39, 0.29) is 10.9 Å². The fourth-order valence-corrected chi connectivity index (χ4v) is 3.54. The number of benzene rings is 1. The lowest BCUT2D eigenvalue weighted by Gasteiger charge is -2.08. The lowest BCUT2D eigenvalue weighted by atomic mass is 10.1. The van der Waals surface area contributed by atoms with E-state index in [9.17, 15) is 9.90 Å². The molecule has 0 fully saturated rings. The van der Waals surface area contributed by atoms with Gasteiger partial charge in [-0.15, -0.1) is 5.10 Å². The third-order valence-corrected chi connectivity index (χ3v) is 4.90. The molecule has 2 aromatic heterocycles. The van der Waals surface area contributed by atoms with E-state index in [0.29, 0.717) is 5.16 Å². The van der Waals surface area contributed by atoms with E-state index in [1.54, 1.807) is 6.08 Å². The number of aromatic amines is 1. The molecule has 0 aliphatic carbocycles. The zero-order valence-electron chi connectivity index (χ0n) is 15.1. The van der Waals surface area contributed by atoms with Crippen molar-refractivity contribution in [3.63, 3.8) is 0 Å². The van der Waals surface area contributed by atoms with Gasteiger partial charge in [-0.1, -0.05) is 25.1 Å². The Hall–Kier alpha value is -2.54. The molecule has 0 saturated carbocycles. The number of thioether (sulfide) groups is 1. The summed E-state index contributed by atoms with van der Waals surface area (Å²) in [6, 6.07) is 8.30. The monoisotopic (exact) mass is 370 g/mol. The van der Waals surface area contributed by atoms with Gasteiger partial charge in [0.05, 0.1) is 0 Å². The molecule has 0 bridgehead atoms. The topological polar surface area (TPSA) is 83.8 Å². The van der Waals surface area contributed by atoms with Crippen molar-refractivity contribution in [1.29, 1.82) is 0 Å². The minimum absolute atomic E-state index is 0.193. The molecule has 0 aliphatic rings. The van der Waals surface area contributed by atoms with Crippen molar-refractivity contribution < 1.29 is 9.90 Å². The Kier molecular flexibility index (Phi) is 5.46. The Bertz CT molecular complexity index is 956. The van der Waals surface area contributed by atoms with E-state index in [0.717, 1.165) is 46.9 Å². The highest BCUT2D eigenvalue weighted by molar-refractivity contribution is 8.04. The molecular weight excluding hydrogens is 348 g/mol. The number of H-pyrrole nitrogens is 1. The molecule has 0 atom stereocenters. The molecule has 2 N–H and O–H groups in total. The summed E-state index contributed by atoms with van der Waals surface area (Å²) in [6.07, 6.45) is 5.45. The van der Waals surface area contributed by atoms with E-state index >= 15 is 0 Å². The molecule has 3 rings (SSSR count). The summed E-state index contributed by atoms with van der Waals surface area (Å²) in [5.41, 5.74) is 1.97. The third kappa shape index (κ3) is 3.83. The summed E-state index contributed by atoms with van der Waals surface area (Å²) in [7, 11) is 0. The van der Waals surface area contributed by atoms with Crippen LogP contribution in [0.15, 0.2) is 40.5 Å². The lowest BCUT2D eigenvalue weighted by molar-refractivity contribution is -0.131. The number of hydrogen-bond acceptors (Lipinski definition) is 4. The second kappa shape index (κ2) is 7.78. The number of carboxylic acid groups (broad SMARTS) is 1. The average Bonchev–Trinajstić information content (AvgIpc) is 3.19. The summed E-state index contributed by atoms with van der Waals surface area (Å²) in [4.78, 5) is 16.3. The smallest absolute Gasteiger partial charge is 0.342 e. The number of fused-ring (bicyclic) bond motifs is 1. The second-order valence-electron chi connectivity index (χ2n) is 6.33. The highest BCUT2D eigenvalue weighted by atomic mass is 32.2. The predicted octanol–water partition coefficient (Wildman–Crippen LogP) is 4.51. The first-order chi connectivity index (χ1) is 12.5. The van der Waals surface area contributed by atoms with Crippen molar-refractivity contribution in [1.82, 2.24) is 19.7 Å². The fourth-order valence-electron chi connectivity index (χ4n) is 2.82. The quantitative estimate of drug-likeness (QED) is 0.472. The molecule has 1 aromatic carbocycles. The van der Waals surface area contributed by atoms with Crippen LogP contribution in [-0.2, 0) is 11.2 Å². The van der Waals surface area contributed by atoms with Gasteiger partial charge in [-0.2, -0.15) is 0 Å². The van der Waals surface area contributed by atoms with Crippen molar-refractivity contribution in [3.8, 4) is 0 Å². The van der Waals surface area contributed by atoms with Gasteiger partial charge in [-0.3, -0.25) is 5.10 Å². The zero-order chi connectivity index (χ0) is 18.7. The molecule has 3 aromatic rings. The molecule has 0 unspecified atom stereocenters. The van der Waals surface area contributed by atoms with Crippen LogP contribution >= 0.6 is 11.8 Å². The van der Waals surface area contributed by atoms with Gasteiger partial charge in [-0.25, -0.2) is 9.78 Å². The molecule has 136 valence electrons. The summed E-state index contributed by atoms with van der Waals surface area (Å²) in [5, 5.41) is 18.1. The molecule has 26 heavy (non-hydrogen) atoms. The highest BCUT2D eigenvalue weighted by Crippen LogP contribution is 2.30. The van der Waals surface area contributed by atoms with Crippen LogP contribution in [0.25, 0.3) is 17.0 Å². The minimum atomic E-state index is -0.988. The first-order valence-electron chi connectivity index (χ1n) is 8.63. The van der Waals surface area contributed by atoms with Gasteiger partial charge >= 0.3 is 5.97 Å². The van der Waals surface area contributed by atoms with Gasteiger partial charge < -0.3 is 9.67 Å². The highest BCUT2D eigenvalue weighted by Gasteiger charge is 2.16. The number of nitrogens with zero attached hydrogens (tertiary/aromatic N) is 3. The molecule has 6 nitrogen and oxygen atoms in total. The second-order valence-corrected chi connectivity index (χ2v) is 7.34. The summed E-state index contributed by atoms with van der Waals surface area (Å²) < 4.78 is 2.15. The van der Waals surface area contributed by atoms with Crippen molar-refractivity contribution in [2.45, 2.75) is 44.8 Å². The fraction of sp³-hybridized carbons (Fsp3) is 0.316. The van der Waals surface area contributed by atoms with E-state index in [4.69, 9.17) is 0 Å². The van der Waals surface area contributed by atoms with Gasteiger partial charge in [0.2, 0.25) is 5.16 Å². The number of aliphatic carboxylic acids is 1. The summed E-state index contributed by atoms with van der Waals surface area (Å²) >= 11 is 1.06. The molecular formula is C19H22N4O2S. The lowest BCUT2D eigenvalue weighted by Crippen LogP contribution is -1.98. The number of para-hydroxylation sites is 1. The Labute approximate surface area is 156 Å². The van der Waals surface area contributed by atoms with E-state index in [1.807, 2.05) is 30.5 Å². The van der Waals surface area contributed by atoms with Crippen LogP contribution in [0, 0.1) is 0 Å². The number of aromatic nitrogens is 4. The van der Waals surface area contributed by atoms with Crippen LogP contribution in [0.2, 0.25) is 0 Å². The molecule has 0 spiro atoms. The maximum absolute atomic E-state index is 11.8. The average molecular weight is 370 g/mol. The standard InChI is InChI=1S/C19H22N4O2S/c1-4-7-17-20-19(22-21-17)26-16(18(24)25)10-13-11-23(12(2)3)15-9-6-5-8-14(13)15/h5-6,8-12H,4,7H2,1-3H3,(H,24,25)(H,20,21,22)/b16-10-. The Balaban J connectivity index is 1.99. The van der Waals surface area contributed by atoms with Gasteiger partial charge in [0.25, 0.3) is 0 Å². The van der Waals surface area contributed by atoms with Gasteiger partial charge in [0.1, 0.15) is 10.7 Å². The van der Waals surface area contributed by atoms with E-state index < -0.39 is 5.97 Å². The van der Waals surface area contributed by atoms with Crippen LogP contribution < -0.4 is 0 Å². The normalized spacial score (nSPS) is 12.2. The van der Waals surface area contributed by atoms with E-state index in [2.05, 4.69) is 40.5 Å². The van der Waals surface area contributed by atoms with Gasteiger partial charge in [-0.05, 0) is 44.2 Å². The number of rotatable bonds is 7. The molecule has 2 heterocycles. The summed E-state index contributed by atoms with van der Waals surface area (Å²) in [6.45, 7) is 6.27. The van der Waals surface area contributed by atoms with Crippen molar-refractivity contribution in [2.24, 2.45) is 0 Å². The largest absolute Gasteiger partial charge is 0.477 e. The van der Waals surface area contributed by atoms with Crippen molar-refractivity contribution in [3.05, 3.63) is 46.8 Å². The van der Waals surface area contributed by atoms with Crippen molar-refractivity contribution >= 4 is 34.7 Å². The predicted molar refractivity (Wildman–Crippen MR) is 104 cm³/mol. The zero-order valence-corrected chi connectivity index (χ0v) is 15.9. The maximum atomic E-state index is 11.8. The van der Waals surface area contributed by atoms with Crippen LogP contribution in [0.4, 0.5) is 0 Å². The number of nitrogens with one attached hydrogen (secondary N) is 1. The number of carbonyl (C=O) groups is 1. The third-order valence-electron chi connectivity index (χ3n) is 4.02. The number of hydrogen-bond donors (Lipinski definition) is 2. The molecule has 0 radical (unpaired) electrons. The SMILES string of the molecule is CCCc1nc(S/C(=C\c2cn(C(C)C)c3ccccc23)C(=O)O)n[nH]1. The van der Waals surface area contributed by atoms with Crippen LogP contribution in [0.5, 0.6) is 0 Å². The molecule has 0 saturated heterocycles. The van der Waals surface area contributed by atoms with Crippen LogP contribution in [0.3, 0.4) is 0 Å². The number of carboxylic acids is 1. The minimum Gasteiger partial charge on any atom is -0.477 e. The maximum Gasteiger partial charge on any atom is 0.342 e. The van der Waals surface area contributed by atoms with Crippen LogP contribution in [0.1, 0.15) is 44.6 Å². The summed E-state index contributed by atoms with van der Waals surface area (Å²) in [5.74, 6) is -0.214. The van der Waals surface area contributed by atoms with Gasteiger partial charge in [0, 0.05) is 35.1 Å². The first-order valence-corrected chi connectivity index (χ1v) is 9.45. The number of aryl methyl sites for hydroxylation is 1. The van der Waals surface area contributed by atoms with Gasteiger partial charge in [0.15, 0.2) is 0 Å². The van der Waals surface area contributed by atoms with Crippen LogP contribution in [-0.4, -0.2) is 30.8 Å². The molecule has 7 heteroatoms. The molecule has 0 aliphatic heterocycles. The Morgan fingerprint density at radius 1 is 1.38 bits per heavy atom. The van der Waals surface area contributed by atoms with Crippen molar-refractivity contribution in [2.75, 3.05) is 0 Å².